The molecule has 0 bridgehead atoms. The average Bonchev–Trinajstić information content (AvgIpc) is 2.63. The number of benzene rings is 1. The summed E-state index contributed by atoms with van der Waals surface area (Å²) in [6, 6.07) is 10.6. The van der Waals surface area contributed by atoms with E-state index in [-0.39, 0.29) is 0 Å². The Balaban J connectivity index is 1.65. The molecule has 0 atom stereocenters. The van der Waals surface area contributed by atoms with E-state index in [1.54, 1.807) is 0 Å². The molecule has 23 heavy (non-hydrogen) atoms. The first-order chi connectivity index (χ1) is 11.3. The van der Waals surface area contributed by atoms with Crippen molar-refractivity contribution in [2.24, 2.45) is 0 Å². The van der Waals surface area contributed by atoms with Gasteiger partial charge in [-0.15, -0.1) is 0 Å². The number of carbonyl (C=O) groups excluding carboxylic acids is 1. The number of piperazine rings is 1. The highest BCUT2D eigenvalue weighted by Gasteiger charge is 2.26. The molecule has 1 heterocycles. The fraction of sp³-hybridized carbons (Fsp3) is 0.632. The van der Waals surface area contributed by atoms with E-state index in [4.69, 9.17) is 0 Å². The van der Waals surface area contributed by atoms with E-state index in [0.29, 0.717) is 18.4 Å². The molecule has 2 fully saturated rings. The zero-order chi connectivity index (χ0) is 15.9. The number of hydrogen-bond acceptors (Lipinski definition) is 3. The summed E-state index contributed by atoms with van der Waals surface area (Å²) in [5.74, 6) is 0.293. The number of para-hydroxylation sites is 1. The largest absolute Gasteiger partial charge is 0.314 e. The third-order valence-corrected chi connectivity index (χ3v) is 5.09. The van der Waals surface area contributed by atoms with Crippen molar-refractivity contribution in [3.05, 3.63) is 30.3 Å². The van der Waals surface area contributed by atoms with E-state index in [9.17, 15) is 4.79 Å². The number of carbonyl (C=O) groups is 1. The maximum atomic E-state index is 13.0. The van der Waals surface area contributed by atoms with Gasteiger partial charge in [-0.2, -0.15) is 0 Å². The minimum absolute atomic E-state index is 0.293. The Hall–Kier alpha value is -1.39. The Labute approximate surface area is 139 Å². The molecule has 0 aromatic heterocycles. The van der Waals surface area contributed by atoms with Crippen LogP contribution in [-0.2, 0) is 4.79 Å². The smallest absolute Gasteiger partial charge is 0.228 e. The number of nitrogens with one attached hydrogen (secondary N) is 1. The molecule has 4 heteroatoms. The van der Waals surface area contributed by atoms with Gasteiger partial charge in [0.25, 0.3) is 0 Å². The molecule has 1 saturated carbocycles. The predicted molar refractivity (Wildman–Crippen MR) is 94.7 cm³/mol. The van der Waals surface area contributed by atoms with Crippen LogP contribution in [0.1, 0.15) is 38.5 Å². The Kier molecular flexibility index (Phi) is 6.06. The maximum Gasteiger partial charge on any atom is 0.228 e. The molecule has 4 nitrogen and oxygen atoms in total. The number of nitrogens with zero attached hydrogens (tertiary/aromatic N) is 2. The highest BCUT2D eigenvalue weighted by molar-refractivity contribution is 5.94. The molecule has 1 N–H and O–H groups in total. The monoisotopic (exact) mass is 315 g/mol. The van der Waals surface area contributed by atoms with Crippen LogP contribution in [0.3, 0.4) is 0 Å². The molecule has 1 aliphatic heterocycles. The molecule has 2 aliphatic rings. The highest BCUT2D eigenvalue weighted by Crippen LogP contribution is 2.28. The normalized spacial score (nSPS) is 20.3. The Bertz CT molecular complexity index is 479. The summed E-state index contributed by atoms with van der Waals surface area (Å²) < 4.78 is 0. The summed E-state index contributed by atoms with van der Waals surface area (Å²) in [6.07, 6.45) is 6.74. The fourth-order valence-corrected chi connectivity index (χ4v) is 3.80. The summed E-state index contributed by atoms with van der Waals surface area (Å²) in [5.41, 5.74) is 1.07. The van der Waals surface area contributed by atoms with Gasteiger partial charge in [-0.25, -0.2) is 0 Å². The zero-order valence-electron chi connectivity index (χ0n) is 14.0. The lowest BCUT2D eigenvalue weighted by Gasteiger charge is -2.35. The van der Waals surface area contributed by atoms with Crippen molar-refractivity contribution < 1.29 is 4.79 Å². The van der Waals surface area contributed by atoms with Gasteiger partial charge in [0.15, 0.2) is 0 Å². The predicted octanol–water partition coefficient (Wildman–Crippen LogP) is 2.65. The Morgan fingerprint density at radius 3 is 2.48 bits per heavy atom. The first-order valence-electron chi connectivity index (χ1n) is 9.15. The lowest BCUT2D eigenvalue weighted by molar-refractivity contribution is -0.119. The summed E-state index contributed by atoms with van der Waals surface area (Å²) >= 11 is 0. The van der Waals surface area contributed by atoms with E-state index in [0.717, 1.165) is 51.3 Å². The van der Waals surface area contributed by atoms with Crippen molar-refractivity contribution in [3.8, 4) is 0 Å². The topological polar surface area (TPSA) is 35.6 Å². The molecule has 1 amide bonds. The van der Waals surface area contributed by atoms with Crippen LogP contribution in [0, 0.1) is 0 Å². The van der Waals surface area contributed by atoms with E-state index in [1.165, 1.54) is 19.3 Å². The van der Waals surface area contributed by atoms with E-state index in [1.807, 2.05) is 18.2 Å². The third kappa shape index (κ3) is 4.55. The second kappa shape index (κ2) is 8.46. The molecule has 0 radical (unpaired) electrons. The van der Waals surface area contributed by atoms with Gasteiger partial charge in [-0.05, 0) is 25.0 Å². The van der Waals surface area contributed by atoms with Gasteiger partial charge in [0.05, 0.1) is 0 Å². The zero-order valence-corrected chi connectivity index (χ0v) is 14.0. The number of anilines is 1. The molecular weight excluding hydrogens is 286 g/mol. The van der Waals surface area contributed by atoms with Crippen molar-refractivity contribution in [2.75, 3.05) is 37.6 Å². The van der Waals surface area contributed by atoms with E-state index < -0.39 is 0 Å². The van der Waals surface area contributed by atoms with Crippen LogP contribution in [0.4, 0.5) is 5.69 Å². The van der Waals surface area contributed by atoms with Gasteiger partial charge in [0.1, 0.15) is 0 Å². The highest BCUT2D eigenvalue weighted by atomic mass is 16.2. The molecule has 1 saturated heterocycles. The van der Waals surface area contributed by atoms with Crippen molar-refractivity contribution >= 4 is 11.6 Å². The van der Waals surface area contributed by atoms with Crippen molar-refractivity contribution in [1.29, 1.82) is 0 Å². The van der Waals surface area contributed by atoms with Gasteiger partial charge < -0.3 is 15.1 Å². The Morgan fingerprint density at radius 1 is 1.09 bits per heavy atom. The first-order valence-corrected chi connectivity index (χ1v) is 9.15. The quantitative estimate of drug-likeness (QED) is 0.907. The minimum Gasteiger partial charge on any atom is -0.314 e. The van der Waals surface area contributed by atoms with Gasteiger partial charge in [-0.1, -0.05) is 37.5 Å². The van der Waals surface area contributed by atoms with Crippen molar-refractivity contribution in [2.45, 2.75) is 44.6 Å². The molecule has 1 aromatic carbocycles. The molecule has 0 unspecified atom stereocenters. The molecule has 1 aliphatic carbocycles. The van der Waals surface area contributed by atoms with Gasteiger partial charge in [-0.3, -0.25) is 4.79 Å². The second-order valence-electron chi connectivity index (χ2n) is 6.73. The van der Waals surface area contributed by atoms with Crippen LogP contribution in [0.5, 0.6) is 0 Å². The van der Waals surface area contributed by atoms with Gasteiger partial charge in [0, 0.05) is 50.9 Å². The number of amides is 1. The van der Waals surface area contributed by atoms with Gasteiger partial charge >= 0.3 is 0 Å². The van der Waals surface area contributed by atoms with Crippen LogP contribution in [0.25, 0.3) is 0 Å². The number of hydrogen-bond donors (Lipinski definition) is 1. The summed E-state index contributed by atoms with van der Waals surface area (Å²) in [7, 11) is 0. The lowest BCUT2D eigenvalue weighted by Crippen LogP contribution is -2.46. The van der Waals surface area contributed by atoms with Crippen LogP contribution < -0.4 is 10.2 Å². The Morgan fingerprint density at radius 2 is 1.78 bits per heavy atom. The van der Waals surface area contributed by atoms with Crippen LogP contribution >= 0.6 is 0 Å². The molecule has 3 rings (SSSR count). The van der Waals surface area contributed by atoms with Crippen molar-refractivity contribution in [3.63, 3.8) is 0 Å². The van der Waals surface area contributed by atoms with E-state index in [2.05, 4.69) is 27.2 Å². The summed E-state index contributed by atoms with van der Waals surface area (Å²) in [6.45, 7) is 5.08. The average molecular weight is 315 g/mol. The van der Waals surface area contributed by atoms with Crippen LogP contribution in [0.2, 0.25) is 0 Å². The molecular formula is C19H29N3O. The number of rotatable bonds is 5. The summed E-state index contributed by atoms with van der Waals surface area (Å²) in [5, 5.41) is 3.37. The fourth-order valence-electron chi connectivity index (χ4n) is 3.80. The van der Waals surface area contributed by atoms with Crippen molar-refractivity contribution in [1.82, 2.24) is 10.2 Å². The maximum absolute atomic E-state index is 13.0. The standard InChI is InChI=1S/C19H29N3O/c23-19(11-14-21-15-12-20-13-16-21)22(17-7-3-1-4-8-17)18-9-5-2-6-10-18/h1,3-4,7-8,18,20H,2,5-6,9-16H2. The van der Waals surface area contributed by atoms with Gasteiger partial charge in [0.2, 0.25) is 5.91 Å². The minimum atomic E-state index is 0.293. The van der Waals surface area contributed by atoms with E-state index >= 15 is 0 Å². The van der Waals surface area contributed by atoms with Crippen LogP contribution in [0.15, 0.2) is 30.3 Å². The lowest BCUT2D eigenvalue weighted by atomic mass is 9.93. The molecule has 0 spiro atoms. The third-order valence-electron chi connectivity index (χ3n) is 5.09. The van der Waals surface area contributed by atoms with Crippen LogP contribution in [-0.4, -0.2) is 49.6 Å². The molecule has 126 valence electrons. The SMILES string of the molecule is O=C(CCN1CCNCC1)N(c1ccccc1)C1CCCCC1. The second-order valence-corrected chi connectivity index (χ2v) is 6.73. The first kappa shape index (κ1) is 16.5. The summed E-state index contributed by atoms with van der Waals surface area (Å²) in [4.78, 5) is 17.5. The molecule has 1 aromatic rings.